The standard InChI is InChI=1S/C8H14FNO2/c1-2-10-5-3-7(4-6-10)8(11)12-9/h7H,2-6H2,1H3. The lowest BCUT2D eigenvalue weighted by Gasteiger charge is -2.28. The van der Waals surface area contributed by atoms with Gasteiger partial charge in [0.05, 0.1) is 5.92 Å². The molecule has 0 aromatic carbocycles. The SMILES string of the molecule is CCN1CCC(C(=O)OF)CC1. The average Bonchev–Trinajstić information content (AvgIpc) is 2.17. The zero-order valence-electron chi connectivity index (χ0n) is 7.25. The molecule has 0 unspecified atom stereocenters. The van der Waals surface area contributed by atoms with E-state index in [0.717, 1.165) is 32.5 Å². The van der Waals surface area contributed by atoms with Gasteiger partial charge in [0.25, 0.3) is 0 Å². The Kier molecular flexibility index (Phi) is 3.47. The van der Waals surface area contributed by atoms with Crippen LogP contribution >= 0.6 is 0 Å². The van der Waals surface area contributed by atoms with E-state index in [1.54, 1.807) is 0 Å². The van der Waals surface area contributed by atoms with Crippen LogP contribution in [0.25, 0.3) is 0 Å². The van der Waals surface area contributed by atoms with Gasteiger partial charge in [0.1, 0.15) is 0 Å². The highest BCUT2D eigenvalue weighted by atomic mass is 19.3. The van der Waals surface area contributed by atoms with E-state index < -0.39 is 5.97 Å². The fourth-order valence-electron chi connectivity index (χ4n) is 1.55. The minimum absolute atomic E-state index is 0.224. The molecule has 4 heteroatoms. The Morgan fingerprint density at radius 2 is 2.17 bits per heavy atom. The molecule has 3 nitrogen and oxygen atoms in total. The summed E-state index contributed by atoms with van der Waals surface area (Å²) in [6.45, 7) is 4.82. The second-order valence-electron chi connectivity index (χ2n) is 3.10. The second kappa shape index (κ2) is 4.40. The van der Waals surface area contributed by atoms with Crippen molar-refractivity contribution in [1.29, 1.82) is 0 Å². The summed E-state index contributed by atoms with van der Waals surface area (Å²) in [5.74, 6) is -0.927. The van der Waals surface area contributed by atoms with Gasteiger partial charge in [0, 0.05) is 4.53 Å². The van der Waals surface area contributed by atoms with Crippen molar-refractivity contribution >= 4 is 5.97 Å². The molecule has 0 N–H and O–H groups in total. The molecule has 0 aromatic rings. The molecule has 0 amide bonds. The van der Waals surface area contributed by atoms with Crippen molar-refractivity contribution in [3.63, 3.8) is 0 Å². The van der Waals surface area contributed by atoms with Gasteiger partial charge in [0.15, 0.2) is 0 Å². The molecular formula is C8H14FNO2. The first-order chi connectivity index (χ1) is 5.77. The summed E-state index contributed by atoms with van der Waals surface area (Å²) in [4.78, 5) is 16.2. The minimum atomic E-state index is -0.703. The predicted molar refractivity (Wildman–Crippen MR) is 42.0 cm³/mol. The zero-order valence-corrected chi connectivity index (χ0v) is 7.25. The maximum Gasteiger partial charge on any atom is 0.351 e. The van der Waals surface area contributed by atoms with Crippen LogP contribution in [0.5, 0.6) is 0 Å². The number of hydrogen-bond acceptors (Lipinski definition) is 3. The Morgan fingerprint density at radius 3 is 2.58 bits per heavy atom. The number of piperidine rings is 1. The Balaban J connectivity index is 2.30. The molecule has 0 spiro atoms. The van der Waals surface area contributed by atoms with Crippen LogP contribution in [0, 0.1) is 5.92 Å². The summed E-state index contributed by atoms with van der Waals surface area (Å²) in [6, 6.07) is 0. The lowest BCUT2D eigenvalue weighted by molar-refractivity contribution is -0.190. The number of hydrogen-bond donors (Lipinski definition) is 0. The number of nitrogens with zero attached hydrogens (tertiary/aromatic N) is 1. The molecule has 0 bridgehead atoms. The molecule has 1 rings (SSSR count). The molecule has 1 heterocycles. The first-order valence-corrected chi connectivity index (χ1v) is 4.32. The predicted octanol–water partition coefficient (Wildman–Crippen LogP) is 1.15. The molecule has 0 radical (unpaired) electrons. The second-order valence-corrected chi connectivity index (χ2v) is 3.10. The van der Waals surface area contributed by atoms with Gasteiger partial charge >= 0.3 is 5.97 Å². The number of carbonyl (C=O) groups is 1. The zero-order chi connectivity index (χ0) is 8.97. The van der Waals surface area contributed by atoms with Crippen LogP contribution in [-0.4, -0.2) is 30.5 Å². The molecule has 1 aliphatic heterocycles. The lowest BCUT2D eigenvalue weighted by atomic mass is 9.97. The van der Waals surface area contributed by atoms with Gasteiger partial charge in [-0.05, 0) is 32.5 Å². The molecule has 70 valence electrons. The van der Waals surface area contributed by atoms with Gasteiger partial charge in [0.2, 0.25) is 0 Å². The van der Waals surface area contributed by atoms with Gasteiger partial charge in [-0.15, -0.1) is 0 Å². The van der Waals surface area contributed by atoms with Crippen LogP contribution in [0.3, 0.4) is 0 Å². The Morgan fingerprint density at radius 1 is 1.58 bits per heavy atom. The monoisotopic (exact) mass is 175 g/mol. The van der Waals surface area contributed by atoms with Gasteiger partial charge in [-0.1, -0.05) is 6.92 Å². The first-order valence-electron chi connectivity index (χ1n) is 4.32. The Bertz CT molecular complexity index is 155. The third-order valence-electron chi connectivity index (χ3n) is 2.44. The molecule has 0 aromatic heterocycles. The quantitative estimate of drug-likeness (QED) is 0.630. The fourth-order valence-corrected chi connectivity index (χ4v) is 1.55. The normalized spacial score (nSPS) is 20.8. The number of likely N-dealkylation sites (tertiary alicyclic amines) is 1. The fraction of sp³-hybridized carbons (Fsp3) is 0.875. The van der Waals surface area contributed by atoms with Crippen molar-refractivity contribution in [2.45, 2.75) is 19.8 Å². The van der Waals surface area contributed by atoms with Crippen molar-refractivity contribution in [1.82, 2.24) is 4.90 Å². The van der Waals surface area contributed by atoms with Crippen molar-refractivity contribution in [3.8, 4) is 0 Å². The molecular weight excluding hydrogens is 161 g/mol. The van der Waals surface area contributed by atoms with Gasteiger partial charge in [-0.2, -0.15) is 0 Å². The smallest absolute Gasteiger partial charge is 0.304 e. The topological polar surface area (TPSA) is 29.5 Å². The first kappa shape index (κ1) is 9.45. The summed E-state index contributed by atoms with van der Waals surface area (Å²) in [5, 5.41) is 0. The molecule has 1 aliphatic rings. The number of halogens is 1. The molecule has 1 fully saturated rings. The maximum atomic E-state index is 11.5. The summed E-state index contributed by atoms with van der Waals surface area (Å²) in [5.41, 5.74) is 0. The van der Waals surface area contributed by atoms with Crippen LogP contribution < -0.4 is 0 Å². The molecule has 0 saturated carbocycles. The third-order valence-corrected chi connectivity index (χ3v) is 2.44. The van der Waals surface area contributed by atoms with Crippen molar-refractivity contribution < 1.29 is 14.3 Å². The van der Waals surface area contributed by atoms with E-state index in [2.05, 4.69) is 16.8 Å². The van der Waals surface area contributed by atoms with Gasteiger partial charge in [-0.25, -0.2) is 4.79 Å². The Hall–Kier alpha value is -0.640. The van der Waals surface area contributed by atoms with E-state index in [4.69, 9.17) is 0 Å². The summed E-state index contributed by atoms with van der Waals surface area (Å²) in [7, 11) is 0. The van der Waals surface area contributed by atoms with E-state index in [9.17, 15) is 9.32 Å². The van der Waals surface area contributed by atoms with Crippen molar-refractivity contribution in [2.75, 3.05) is 19.6 Å². The highest BCUT2D eigenvalue weighted by Gasteiger charge is 2.25. The lowest BCUT2D eigenvalue weighted by Crippen LogP contribution is -2.36. The van der Waals surface area contributed by atoms with E-state index in [1.165, 1.54) is 0 Å². The van der Waals surface area contributed by atoms with Crippen LogP contribution in [-0.2, 0) is 9.74 Å². The molecule has 1 saturated heterocycles. The largest absolute Gasteiger partial charge is 0.351 e. The van der Waals surface area contributed by atoms with E-state index >= 15 is 0 Å². The van der Waals surface area contributed by atoms with Crippen LogP contribution in [0.1, 0.15) is 19.8 Å². The van der Waals surface area contributed by atoms with Crippen molar-refractivity contribution in [2.24, 2.45) is 5.92 Å². The van der Waals surface area contributed by atoms with E-state index in [-0.39, 0.29) is 5.92 Å². The van der Waals surface area contributed by atoms with Crippen LogP contribution in [0.4, 0.5) is 4.53 Å². The molecule has 0 atom stereocenters. The number of carbonyl (C=O) groups excluding carboxylic acids is 1. The summed E-state index contributed by atoms with van der Waals surface area (Å²) in [6.07, 6.45) is 1.44. The third kappa shape index (κ3) is 2.17. The number of rotatable bonds is 2. The van der Waals surface area contributed by atoms with Crippen LogP contribution in [0.2, 0.25) is 0 Å². The average molecular weight is 175 g/mol. The summed E-state index contributed by atoms with van der Waals surface area (Å²) < 4.78 is 11.5. The Labute approximate surface area is 71.4 Å². The minimum Gasteiger partial charge on any atom is -0.304 e. The highest BCUT2D eigenvalue weighted by Crippen LogP contribution is 2.18. The van der Waals surface area contributed by atoms with Gasteiger partial charge in [-0.3, -0.25) is 4.94 Å². The van der Waals surface area contributed by atoms with Gasteiger partial charge < -0.3 is 4.90 Å². The van der Waals surface area contributed by atoms with Crippen LogP contribution in [0.15, 0.2) is 0 Å². The summed E-state index contributed by atoms with van der Waals surface area (Å²) >= 11 is 0. The van der Waals surface area contributed by atoms with E-state index in [0.29, 0.717) is 0 Å². The molecule has 12 heavy (non-hydrogen) atoms. The van der Waals surface area contributed by atoms with E-state index in [1.807, 2.05) is 0 Å². The van der Waals surface area contributed by atoms with Crippen molar-refractivity contribution in [3.05, 3.63) is 0 Å². The highest BCUT2D eigenvalue weighted by molar-refractivity contribution is 5.71. The maximum absolute atomic E-state index is 11.5. The molecule has 0 aliphatic carbocycles.